The Balaban J connectivity index is 0.856. The number of rotatable bonds is 29. The summed E-state index contributed by atoms with van der Waals surface area (Å²) in [7, 11) is 0. The summed E-state index contributed by atoms with van der Waals surface area (Å²) >= 11 is 0. The molecule has 1 amide bonds. The number of esters is 2. The normalized spacial score (nSPS) is 27.5. The van der Waals surface area contributed by atoms with Crippen molar-refractivity contribution in [2.45, 2.75) is 249 Å². The van der Waals surface area contributed by atoms with Crippen molar-refractivity contribution in [3.63, 3.8) is 0 Å². The van der Waals surface area contributed by atoms with E-state index in [-0.39, 0.29) is 41.2 Å². The fraction of sp³-hybridized carbons (Fsp3) is 0.754. The Morgan fingerprint density at radius 1 is 0.750 bits per heavy atom. The molecule has 6 rings (SSSR count). The molecule has 6 aliphatic rings. The summed E-state index contributed by atoms with van der Waals surface area (Å²) in [6.45, 7) is 28.7. The number of fused-ring (bicyclic) bond motifs is 5. The standard InChI is InChI=1S/C69H110N2O5/c1-52(2)25-22-28-56(6)61-36-37-62-59-34-33-57-51-58(39-43-68(57,9)63(59)40-44-69(61,62)10)76-66(74)30-16-11-12-19-47-71(64(72)41-49-70-45-17-15-18-46-70)48-20-13-14-21-50-75-65(73)38-32-54(4)27-23-26-53(3)31-35-60-55(5)29-24-42-67(60,7)8/h23,26-27,31-35,52,56,58,61-63H,11-22,24-25,28-30,36-51H2,1-10H3/b27-23+,35-31+,53-26+,54-32+. The smallest absolute Gasteiger partial charge is 0.309 e. The molecule has 0 aromatic carbocycles. The highest BCUT2D eigenvalue weighted by Crippen LogP contribution is 2.66. The third kappa shape index (κ3) is 18.0. The van der Waals surface area contributed by atoms with Gasteiger partial charge in [-0.25, -0.2) is 0 Å². The van der Waals surface area contributed by atoms with Gasteiger partial charge in [0, 0.05) is 38.9 Å². The summed E-state index contributed by atoms with van der Waals surface area (Å²) in [6, 6.07) is 0. The van der Waals surface area contributed by atoms with Gasteiger partial charge in [0.25, 0.3) is 0 Å². The van der Waals surface area contributed by atoms with Crippen molar-refractivity contribution in [1.82, 2.24) is 9.80 Å². The molecule has 7 atom stereocenters. The Bertz CT molecular complexity index is 2110. The Morgan fingerprint density at radius 2 is 1.49 bits per heavy atom. The summed E-state index contributed by atoms with van der Waals surface area (Å²) in [5.74, 6) is 3.89. The van der Waals surface area contributed by atoms with Crippen LogP contribution in [-0.2, 0) is 23.9 Å². The average molecular weight is 1050 g/mol. The van der Waals surface area contributed by atoms with Crippen LogP contribution in [0.4, 0.5) is 0 Å². The maximum Gasteiger partial charge on any atom is 0.309 e. The van der Waals surface area contributed by atoms with Gasteiger partial charge in [-0.3, -0.25) is 14.4 Å². The maximum atomic E-state index is 13.6. The lowest BCUT2D eigenvalue weighted by atomic mass is 9.50. The van der Waals surface area contributed by atoms with Gasteiger partial charge in [-0.05, 0) is 188 Å². The minimum Gasteiger partial charge on any atom is -0.465 e. The van der Waals surface area contributed by atoms with Gasteiger partial charge in [-0.15, -0.1) is 0 Å². The molecular formula is C69H110N2O5. The van der Waals surface area contributed by atoms with Crippen LogP contribution in [0.1, 0.15) is 243 Å². The second-order valence-electron chi connectivity index (χ2n) is 26.8. The van der Waals surface area contributed by atoms with Gasteiger partial charge >= 0.3 is 11.9 Å². The zero-order valence-corrected chi connectivity index (χ0v) is 50.4. The number of amides is 1. The van der Waals surface area contributed by atoms with E-state index in [9.17, 15) is 14.4 Å². The predicted molar refractivity (Wildman–Crippen MR) is 318 cm³/mol. The number of carbonyl (C=O) groups excluding carboxylic acids is 3. The lowest BCUT2D eigenvalue weighted by Gasteiger charge is -2.55. The monoisotopic (exact) mass is 1050 g/mol. The largest absolute Gasteiger partial charge is 0.465 e. The van der Waals surface area contributed by atoms with Gasteiger partial charge in [0.1, 0.15) is 6.10 Å². The van der Waals surface area contributed by atoms with E-state index in [0.717, 1.165) is 133 Å². The number of ether oxygens (including phenoxy) is 2. The van der Waals surface area contributed by atoms with Gasteiger partial charge in [0.15, 0.2) is 0 Å². The molecule has 0 N–H and O–H groups in total. The van der Waals surface area contributed by atoms with Crippen molar-refractivity contribution in [3.05, 3.63) is 82.0 Å². The summed E-state index contributed by atoms with van der Waals surface area (Å²) in [5, 5.41) is 0. The molecule has 7 nitrogen and oxygen atoms in total. The highest BCUT2D eigenvalue weighted by molar-refractivity contribution is 5.76. The molecule has 76 heavy (non-hydrogen) atoms. The van der Waals surface area contributed by atoms with Crippen LogP contribution in [0.3, 0.4) is 0 Å². The predicted octanol–water partition coefficient (Wildman–Crippen LogP) is 17.5. The molecule has 7 heteroatoms. The molecule has 4 fully saturated rings. The lowest BCUT2D eigenvalue weighted by Crippen LogP contribution is -2.46. The molecule has 5 aliphatic carbocycles. The summed E-state index contributed by atoms with van der Waals surface area (Å²) in [6.07, 6.45) is 46.6. The SMILES string of the molecule is CC1=C(/C=C/C(C)=C/C=C/C(C)=C/CC(=O)OCCCCCCN(CCCCCCC(=O)OC2CCC3(C)C(=CC=C4C3CCC3(C)C4CCC3C(C)CCCC(C)C)C2)C(=O)CCN2CCCCC2)C(C)(C)CCC1. The van der Waals surface area contributed by atoms with E-state index in [2.05, 4.69) is 109 Å². The molecule has 1 saturated heterocycles. The number of piperidine rings is 1. The molecule has 0 radical (unpaired) electrons. The Labute approximate surface area is 465 Å². The third-order valence-electron chi connectivity index (χ3n) is 20.0. The van der Waals surface area contributed by atoms with Crippen LogP contribution in [0.15, 0.2) is 82.0 Å². The highest BCUT2D eigenvalue weighted by atomic mass is 16.5. The van der Waals surface area contributed by atoms with Gasteiger partial charge < -0.3 is 19.3 Å². The number of hydrogen-bond donors (Lipinski definition) is 0. The van der Waals surface area contributed by atoms with E-state index >= 15 is 0 Å². The van der Waals surface area contributed by atoms with E-state index in [1.165, 1.54) is 106 Å². The summed E-state index contributed by atoms with van der Waals surface area (Å²) in [5.41, 5.74) is 9.40. The molecule has 426 valence electrons. The fourth-order valence-electron chi connectivity index (χ4n) is 15.2. The van der Waals surface area contributed by atoms with Crippen LogP contribution in [0, 0.1) is 45.8 Å². The van der Waals surface area contributed by atoms with Gasteiger partial charge in [-0.2, -0.15) is 0 Å². The maximum absolute atomic E-state index is 13.6. The number of carbonyl (C=O) groups is 3. The minimum atomic E-state index is -0.186. The zero-order chi connectivity index (χ0) is 54.7. The average Bonchev–Trinajstić information content (AvgIpc) is 3.77. The van der Waals surface area contributed by atoms with Crippen LogP contribution in [0.2, 0.25) is 0 Å². The van der Waals surface area contributed by atoms with E-state index < -0.39 is 0 Å². The van der Waals surface area contributed by atoms with Crippen LogP contribution in [-0.4, -0.2) is 73.1 Å². The zero-order valence-electron chi connectivity index (χ0n) is 50.4. The Morgan fingerprint density at radius 3 is 2.22 bits per heavy atom. The van der Waals surface area contributed by atoms with E-state index in [1.807, 2.05) is 19.1 Å². The molecule has 3 saturated carbocycles. The lowest BCUT2D eigenvalue weighted by molar-refractivity contribution is -0.151. The number of hydrogen-bond acceptors (Lipinski definition) is 6. The molecule has 0 bridgehead atoms. The molecule has 1 heterocycles. The van der Waals surface area contributed by atoms with E-state index in [0.29, 0.717) is 30.8 Å². The van der Waals surface area contributed by atoms with Gasteiger partial charge in [-0.1, -0.05) is 170 Å². The Kier molecular flexibility index (Phi) is 24.6. The number of allylic oxidation sites excluding steroid dienone is 12. The van der Waals surface area contributed by atoms with Crippen LogP contribution < -0.4 is 0 Å². The van der Waals surface area contributed by atoms with E-state index in [1.54, 1.807) is 5.57 Å². The van der Waals surface area contributed by atoms with Crippen molar-refractivity contribution >= 4 is 17.8 Å². The first-order valence-electron chi connectivity index (χ1n) is 31.6. The van der Waals surface area contributed by atoms with Crippen LogP contribution in [0.25, 0.3) is 0 Å². The summed E-state index contributed by atoms with van der Waals surface area (Å²) in [4.78, 5) is 43.9. The molecular weight excluding hydrogens is 937 g/mol. The van der Waals surface area contributed by atoms with Crippen molar-refractivity contribution in [1.29, 1.82) is 0 Å². The molecule has 0 aromatic rings. The second-order valence-corrected chi connectivity index (χ2v) is 26.8. The second kappa shape index (κ2) is 30.2. The molecule has 0 aromatic heterocycles. The molecule has 0 spiro atoms. The first kappa shape index (κ1) is 61.8. The van der Waals surface area contributed by atoms with E-state index in [4.69, 9.17) is 9.47 Å². The van der Waals surface area contributed by atoms with Gasteiger partial charge in [0.2, 0.25) is 5.91 Å². The number of unbranched alkanes of at least 4 members (excludes halogenated alkanes) is 6. The topological polar surface area (TPSA) is 76.1 Å². The molecule has 1 aliphatic heterocycles. The highest BCUT2D eigenvalue weighted by Gasteiger charge is 2.57. The molecule has 7 unspecified atom stereocenters. The van der Waals surface area contributed by atoms with Gasteiger partial charge in [0.05, 0.1) is 13.0 Å². The quantitative estimate of drug-likeness (QED) is 0.0422. The van der Waals surface area contributed by atoms with Crippen molar-refractivity contribution < 1.29 is 23.9 Å². The fourth-order valence-corrected chi connectivity index (χ4v) is 15.2. The Hall–Kier alpha value is -3.45. The number of nitrogens with zero attached hydrogens (tertiary/aromatic N) is 2. The van der Waals surface area contributed by atoms with Crippen molar-refractivity contribution in [2.24, 2.45) is 45.8 Å². The van der Waals surface area contributed by atoms with Crippen molar-refractivity contribution in [3.8, 4) is 0 Å². The first-order valence-corrected chi connectivity index (χ1v) is 31.6. The number of likely N-dealkylation sites (tertiary alicyclic amines) is 1. The van der Waals surface area contributed by atoms with Crippen molar-refractivity contribution in [2.75, 3.05) is 39.3 Å². The summed E-state index contributed by atoms with van der Waals surface area (Å²) < 4.78 is 11.8. The van der Waals surface area contributed by atoms with Crippen LogP contribution in [0.5, 0.6) is 0 Å². The first-order chi connectivity index (χ1) is 36.4. The third-order valence-corrected chi connectivity index (χ3v) is 20.0. The minimum absolute atomic E-state index is 0.00446. The van der Waals surface area contributed by atoms with Crippen LogP contribution >= 0.6 is 0 Å².